The normalized spacial score (nSPS) is 14.8. The molecule has 2 heterocycles. The standard InChI is InChI=1S/C20H21BrN6O4S/c1-12(25-19(28)14-7-15(21)9-16(8-14)32(2,30)31)17-18(23-6-5-22-17)27-20(29)26(11-24-27)10-13-3-4-13/h5-9,11-13H,3-4,10H2,1-2H3,(H,25,28). The first-order valence-corrected chi connectivity index (χ1v) is 12.6. The highest BCUT2D eigenvalue weighted by Crippen LogP contribution is 2.30. The van der Waals surface area contributed by atoms with Crippen molar-refractivity contribution in [2.45, 2.75) is 37.2 Å². The number of sulfone groups is 1. The molecule has 0 bridgehead atoms. The van der Waals surface area contributed by atoms with Crippen LogP contribution in [0.3, 0.4) is 0 Å². The van der Waals surface area contributed by atoms with Crippen LogP contribution in [0, 0.1) is 5.92 Å². The maximum atomic E-state index is 12.8. The summed E-state index contributed by atoms with van der Waals surface area (Å²) < 4.78 is 27.0. The number of hydrogen-bond donors (Lipinski definition) is 1. The van der Waals surface area contributed by atoms with Gasteiger partial charge in [-0.15, -0.1) is 0 Å². The van der Waals surface area contributed by atoms with Gasteiger partial charge in [0.15, 0.2) is 15.7 Å². The molecule has 1 N–H and O–H groups in total. The monoisotopic (exact) mass is 520 g/mol. The van der Waals surface area contributed by atoms with Crippen molar-refractivity contribution in [2.24, 2.45) is 5.92 Å². The molecule has 32 heavy (non-hydrogen) atoms. The summed E-state index contributed by atoms with van der Waals surface area (Å²) in [5, 5.41) is 6.97. The summed E-state index contributed by atoms with van der Waals surface area (Å²) in [6.45, 7) is 2.32. The third-order valence-corrected chi connectivity index (χ3v) is 6.66. The first kappa shape index (κ1) is 22.3. The molecule has 12 heteroatoms. The Balaban J connectivity index is 1.61. The second-order valence-electron chi connectivity index (χ2n) is 7.83. The predicted octanol–water partition coefficient (Wildman–Crippen LogP) is 1.89. The number of nitrogens with one attached hydrogen (secondary N) is 1. The van der Waals surface area contributed by atoms with Crippen LogP contribution in [-0.2, 0) is 16.4 Å². The van der Waals surface area contributed by atoms with Gasteiger partial charge < -0.3 is 5.32 Å². The lowest BCUT2D eigenvalue weighted by Gasteiger charge is -2.16. The third-order valence-electron chi connectivity index (χ3n) is 5.11. The molecule has 4 rings (SSSR count). The zero-order valence-electron chi connectivity index (χ0n) is 17.4. The summed E-state index contributed by atoms with van der Waals surface area (Å²) in [6, 6.07) is 3.63. The molecule has 1 aliphatic carbocycles. The van der Waals surface area contributed by atoms with Crippen molar-refractivity contribution < 1.29 is 13.2 Å². The van der Waals surface area contributed by atoms with Crippen LogP contribution < -0.4 is 11.0 Å². The van der Waals surface area contributed by atoms with Crippen LogP contribution in [0.4, 0.5) is 0 Å². The quantitative estimate of drug-likeness (QED) is 0.503. The van der Waals surface area contributed by atoms with Gasteiger partial charge in [0.1, 0.15) is 12.0 Å². The second kappa shape index (κ2) is 8.58. The first-order chi connectivity index (χ1) is 15.1. The van der Waals surface area contributed by atoms with Gasteiger partial charge in [0.25, 0.3) is 5.91 Å². The molecule has 1 aliphatic rings. The lowest BCUT2D eigenvalue weighted by atomic mass is 10.1. The number of hydrogen-bond acceptors (Lipinski definition) is 7. The van der Waals surface area contributed by atoms with Crippen LogP contribution in [0.1, 0.15) is 41.9 Å². The van der Waals surface area contributed by atoms with E-state index in [4.69, 9.17) is 0 Å². The van der Waals surface area contributed by atoms with Crippen molar-refractivity contribution in [1.82, 2.24) is 29.6 Å². The Morgan fingerprint density at radius 1 is 1.25 bits per heavy atom. The molecular weight excluding hydrogens is 500 g/mol. The fraction of sp³-hybridized carbons (Fsp3) is 0.350. The molecule has 1 amide bonds. The Labute approximate surface area is 192 Å². The van der Waals surface area contributed by atoms with Crippen molar-refractivity contribution in [3.63, 3.8) is 0 Å². The van der Waals surface area contributed by atoms with Gasteiger partial charge in [-0.2, -0.15) is 9.78 Å². The zero-order chi connectivity index (χ0) is 23.0. The van der Waals surface area contributed by atoms with Gasteiger partial charge in [-0.25, -0.2) is 18.2 Å². The first-order valence-electron chi connectivity index (χ1n) is 9.90. The van der Waals surface area contributed by atoms with Crippen LogP contribution in [0.25, 0.3) is 5.82 Å². The molecule has 0 saturated heterocycles. The topological polar surface area (TPSA) is 129 Å². The number of rotatable bonds is 7. The largest absolute Gasteiger partial charge is 0.352 e. The molecule has 0 aliphatic heterocycles. The second-order valence-corrected chi connectivity index (χ2v) is 10.8. The molecule has 1 saturated carbocycles. The van der Waals surface area contributed by atoms with Crippen molar-refractivity contribution in [2.75, 3.05) is 6.26 Å². The number of amides is 1. The Hall–Kier alpha value is -2.86. The van der Waals surface area contributed by atoms with Gasteiger partial charge in [-0.05, 0) is 43.9 Å². The SMILES string of the molecule is CC(NC(=O)c1cc(Br)cc(S(C)(=O)=O)c1)c1nccnc1-n1ncn(CC2CC2)c1=O. The van der Waals surface area contributed by atoms with Gasteiger partial charge in [0.2, 0.25) is 0 Å². The van der Waals surface area contributed by atoms with E-state index in [1.807, 2.05) is 0 Å². The van der Waals surface area contributed by atoms with E-state index >= 15 is 0 Å². The minimum Gasteiger partial charge on any atom is -0.344 e. The number of nitrogens with zero attached hydrogens (tertiary/aromatic N) is 5. The predicted molar refractivity (Wildman–Crippen MR) is 119 cm³/mol. The van der Waals surface area contributed by atoms with E-state index in [0.717, 1.165) is 19.1 Å². The van der Waals surface area contributed by atoms with Crippen LogP contribution >= 0.6 is 15.9 Å². The number of carbonyl (C=O) groups excluding carboxylic acids is 1. The maximum Gasteiger partial charge on any atom is 0.352 e. The zero-order valence-corrected chi connectivity index (χ0v) is 19.8. The molecule has 3 aromatic rings. The van der Waals surface area contributed by atoms with Crippen molar-refractivity contribution in [1.29, 1.82) is 0 Å². The third kappa shape index (κ3) is 4.80. The van der Waals surface area contributed by atoms with Gasteiger partial charge in [0.05, 0.1) is 10.9 Å². The van der Waals surface area contributed by atoms with Crippen LogP contribution in [0.15, 0.2) is 51.1 Å². The number of carbonyl (C=O) groups is 1. The summed E-state index contributed by atoms with van der Waals surface area (Å²) >= 11 is 3.24. The summed E-state index contributed by atoms with van der Waals surface area (Å²) in [6.07, 6.45) is 7.68. The van der Waals surface area contributed by atoms with E-state index < -0.39 is 21.8 Å². The smallest absolute Gasteiger partial charge is 0.344 e. The van der Waals surface area contributed by atoms with E-state index in [2.05, 4.69) is 36.3 Å². The number of benzene rings is 1. The van der Waals surface area contributed by atoms with Crippen molar-refractivity contribution in [3.8, 4) is 5.82 Å². The Morgan fingerprint density at radius 2 is 1.97 bits per heavy atom. The molecule has 1 unspecified atom stereocenters. The maximum absolute atomic E-state index is 12.8. The van der Waals surface area contributed by atoms with Gasteiger partial charge >= 0.3 is 5.69 Å². The molecule has 10 nitrogen and oxygen atoms in total. The van der Waals surface area contributed by atoms with Gasteiger partial charge in [-0.1, -0.05) is 15.9 Å². The Morgan fingerprint density at radius 3 is 2.66 bits per heavy atom. The summed E-state index contributed by atoms with van der Waals surface area (Å²) in [5.41, 5.74) is 0.211. The Kier molecular flexibility index (Phi) is 5.99. The van der Waals surface area contributed by atoms with Crippen LogP contribution in [0.5, 0.6) is 0 Å². The summed E-state index contributed by atoms with van der Waals surface area (Å²) in [7, 11) is -3.49. The molecule has 168 valence electrons. The van der Waals surface area contributed by atoms with Crippen molar-refractivity contribution in [3.05, 3.63) is 63.1 Å². The van der Waals surface area contributed by atoms with Crippen LogP contribution in [0.2, 0.25) is 0 Å². The molecule has 1 fully saturated rings. The molecule has 1 atom stereocenters. The fourth-order valence-electron chi connectivity index (χ4n) is 3.25. The molecular formula is C20H21BrN6O4S. The molecule has 0 radical (unpaired) electrons. The van der Waals surface area contributed by atoms with Crippen LogP contribution in [-0.4, -0.2) is 44.9 Å². The number of halogens is 1. The highest BCUT2D eigenvalue weighted by atomic mass is 79.9. The van der Waals surface area contributed by atoms with Crippen molar-refractivity contribution >= 4 is 31.7 Å². The number of aromatic nitrogens is 5. The molecule has 0 spiro atoms. The summed E-state index contributed by atoms with van der Waals surface area (Å²) in [5.74, 6) is 0.240. The minimum atomic E-state index is -3.49. The van der Waals surface area contributed by atoms with E-state index in [0.29, 0.717) is 22.6 Å². The van der Waals surface area contributed by atoms with Gasteiger partial charge in [-0.3, -0.25) is 14.3 Å². The lowest BCUT2D eigenvalue weighted by Crippen LogP contribution is -2.31. The minimum absolute atomic E-state index is 0.0256. The average molecular weight is 521 g/mol. The Bertz CT molecular complexity index is 1350. The highest BCUT2D eigenvalue weighted by molar-refractivity contribution is 9.10. The van der Waals surface area contributed by atoms with E-state index in [9.17, 15) is 18.0 Å². The summed E-state index contributed by atoms with van der Waals surface area (Å²) in [4.78, 5) is 34.2. The van der Waals surface area contributed by atoms with E-state index in [-0.39, 0.29) is 22.0 Å². The molecule has 1 aromatic carbocycles. The van der Waals surface area contributed by atoms with E-state index in [1.165, 1.54) is 41.6 Å². The average Bonchev–Trinajstić information content (AvgIpc) is 3.49. The molecule has 2 aromatic heterocycles. The van der Waals surface area contributed by atoms with Gasteiger partial charge in [0, 0.05) is 35.2 Å². The highest BCUT2D eigenvalue weighted by Gasteiger charge is 2.25. The van der Waals surface area contributed by atoms with E-state index in [1.54, 1.807) is 11.5 Å². The lowest BCUT2D eigenvalue weighted by molar-refractivity contribution is 0.0938. The fourth-order valence-corrected chi connectivity index (χ4v) is 4.58.